The molecule has 0 bridgehead atoms. The van der Waals surface area contributed by atoms with Gasteiger partial charge in [-0.05, 0) is 49.1 Å². The fourth-order valence-corrected chi connectivity index (χ4v) is 5.91. The van der Waals surface area contributed by atoms with Crippen molar-refractivity contribution in [2.24, 2.45) is 5.92 Å². The van der Waals surface area contributed by atoms with Crippen LogP contribution in [0.1, 0.15) is 47.5 Å². The predicted molar refractivity (Wildman–Crippen MR) is 127 cm³/mol. The molecule has 0 unspecified atom stereocenters. The van der Waals surface area contributed by atoms with Gasteiger partial charge in [0.25, 0.3) is 5.56 Å². The fourth-order valence-electron chi connectivity index (χ4n) is 3.83. The largest absolute Gasteiger partial charge is 0.477 e. The van der Waals surface area contributed by atoms with Crippen molar-refractivity contribution in [3.63, 3.8) is 0 Å². The van der Waals surface area contributed by atoms with Gasteiger partial charge in [0.15, 0.2) is 0 Å². The zero-order valence-electron chi connectivity index (χ0n) is 17.8. The minimum absolute atomic E-state index is 0.00172. The topological polar surface area (TPSA) is 97.0 Å². The first-order valence-electron chi connectivity index (χ1n) is 11.1. The van der Waals surface area contributed by atoms with Crippen LogP contribution >= 0.6 is 23.1 Å². The van der Waals surface area contributed by atoms with Gasteiger partial charge in [-0.1, -0.05) is 6.07 Å². The number of rotatable bonds is 10. The summed E-state index contributed by atoms with van der Waals surface area (Å²) >= 11 is 3.25. The first-order valence-corrected chi connectivity index (χ1v) is 13.1. The fraction of sp³-hybridized carbons (Fsp3) is 0.478. The molecular weight excluding hydrogens is 444 g/mol. The van der Waals surface area contributed by atoms with Gasteiger partial charge < -0.3 is 15.0 Å². The van der Waals surface area contributed by atoms with E-state index in [9.17, 15) is 9.59 Å². The molecule has 3 aromatic rings. The van der Waals surface area contributed by atoms with Crippen molar-refractivity contribution >= 4 is 39.2 Å². The van der Waals surface area contributed by atoms with Crippen molar-refractivity contribution in [3.05, 3.63) is 50.5 Å². The van der Waals surface area contributed by atoms with E-state index in [1.807, 2.05) is 12.1 Å². The summed E-state index contributed by atoms with van der Waals surface area (Å²) in [4.78, 5) is 38.7. The lowest BCUT2D eigenvalue weighted by Gasteiger charge is -2.07. The third-order valence-electron chi connectivity index (χ3n) is 5.79. The van der Waals surface area contributed by atoms with Crippen LogP contribution < -0.4 is 15.6 Å². The number of pyridine rings is 1. The Bertz CT molecular complexity index is 1170. The second kappa shape index (κ2) is 9.62. The van der Waals surface area contributed by atoms with E-state index in [4.69, 9.17) is 4.74 Å². The summed E-state index contributed by atoms with van der Waals surface area (Å²) in [7, 11) is 0. The average molecular weight is 471 g/mol. The van der Waals surface area contributed by atoms with Crippen LogP contribution in [0, 0.1) is 5.92 Å². The molecule has 2 N–H and O–H groups in total. The van der Waals surface area contributed by atoms with Gasteiger partial charge in [0, 0.05) is 35.9 Å². The van der Waals surface area contributed by atoms with Crippen LogP contribution in [0.15, 0.2) is 23.1 Å². The summed E-state index contributed by atoms with van der Waals surface area (Å²) in [6.45, 7) is 1.20. The number of ether oxygens (including phenoxy) is 1. The van der Waals surface area contributed by atoms with Crippen LogP contribution in [0.5, 0.6) is 5.88 Å². The van der Waals surface area contributed by atoms with E-state index in [0.717, 1.165) is 41.6 Å². The first-order chi connectivity index (χ1) is 15.7. The van der Waals surface area contributed by atoms with E-state index in [1.165, 1.54) is 23.3 Å². The minimum Gasteiger partial charge on any atom is -0.477 e. The lowest BCUT2D eigenvalue weighted by Crippen LogP contribution is -2.23. The molecule has 3 aromatic heterocycles. The second-order valence-corrected chi connectivity index (χ2v) is 10.6. The molecule has 7 nitrogen and oxygen atoms in total. The molecule has 0 saturated heterocycles. The Morgan fingerprint density at radius 1 is 1.31 bits per heavy atom. The van der Waals surface area contributed by atoms with Crippen LogP contribution in [0.3, 0.4) is 0 Å². The van der Waals surface area contributed by atoms with E-state index in [0.29, 0.717) is 42.1 Å². The van der Waals surface area contributed by atoms with Crippen LogP contribution in [0.4, 0.5) is 0 Å². The number of thioether (sulfide) groups is 1. The van der Waals surface area contributed by atoms with Crippen molar-refractivity contribution < 1.29 is 9.53 Å². The molecule has 0 radical (unpaired) electrons. The molecule has 168 valence electrons. The van der Waals surface area contributed by atoms with Crippen molar-refractivity contribution in [2.45, 2.75) is 50.8 Å². The zero-order chi connectivity index (χ0) is 21.9. The predicted octanol–water partition coefficient (Wildman–Crippen LogP) is 3.60. The molecule has 1 amide bonds. The Hall–Kier alpha value is -2.39. The van der Waals surface area contributed by atoms with E-state index in [-0.39, 0.29) is 11.5 Å². The zero-order valence-corrected chi connectivity index (χ0v) is 19.4. The third kappa shape index (κ3) is 5.15. The molecular formula is C23H26N4O3S2. The van der Waals surface area contributed by atoms with Crippen LogP contribution in [0.2, 0.25) is 0 Å². The number of amides is 1. The van der Waals surface area contributed by atoms with Crippen LogP contribution in [0.25, 0.3) is 10.2 Å². The quantitative estimate of drug-likeness (QED) is 0.440. The monoisotopic (exact) mass is 470 g/mol. The smallest absolute Gasteiger partial charge is 0.259 e. The van der Waals surface area contributed by atoms with Crippen LogP contribution in [-0.4, -0.2) is 33.2 Å². The highest BCUT2D eigenvalue weighted by atomic mass is 32.2. The Labute approximate surface area is 194 Å². The number of hydrogen-bond acceptors (Lipinski definition) is 7. The van der Waals surface area contributed by atoms with Crippen molar-refractivity contribution in [1.29, 1.82) is 0 Å². The highest BCUT2D eigenvalue weighted by Crippen LogP contribution is 2.34. The maximum Gasteiger partial charge on any atom is 0.259 e. The Morgan fingerprint density at radius 3 is 3.03 bits per heavy atom. The Kier molecular flexibility index (Phi) is 6.45. The summed E-state index contributed by atoms with van der Waals surface area (Å²) in [5, 5.41) is 3.71. The number of fused-ring (bicyclic) bond motifs is 3. The average Bonchev–Trinajstić information content (AvgIpc) is 3.40. The summed E-state index contributed by atoms with van der Waals surface area (Å²) < 4.78 is 5.63. The first kappa shape index (κ1) is 21.5. The van der Waals surface area contributed by atoms with Gasteiger partial charge in [-0.15, -0.1) is 11.3 Å². The molecule has 0 aromatic carbocycles. The number of thiophene rings is 1. The summed E-state index contributed by atoms with van der Waals surface area (Å²) in [5.74, 6) is 3.28. The molecule has 1 fully saturated rings. The molecule has 0 spiro atoms. The maximum atomic E-state index is 12.5. The number of nitrogens with zero attached hydrogens (tertiary/aromatic N) is 2. The summed E-state index contributed by atoms with van der Waals surface area (Å²) in [6, 6.07) is 3.79. The van der Waals surface area contributed by atoms with Gasteiger partial charge >= 0.3 is 0 Å². The molecule has 2 aliphatic rings. The van der Waals surface area contributed by atoms with E-state index in [2.05, 4.69) is 20.3 Å². The van der Waals surface area contributed by atoms with Gasteiger partial charge in [0.05, 0.1) is 17.7 Å². The number of carbonyl (C=O) groups is 1. The number of aryl methyl sites for hydroxylation is 2. The number of hydrogen-bond donors (Lipinski definition) is 2. The minimum atomic E-state index is -0.0275. The van der Waals surface area contributed by atoms with Crippen molar-refractivity contribution in [3.8, 4) is 5.88 Å². The SMILES string of the molecule is O=C(CCSCc1nc2sc3c(c2c(=O)[nH]1)CCC3)NCc1ccc(OCC2CC2)nc1. The molecule has 5 rings (SSSR count). The van der Waals surface area contributed by atoms with E-state index < -0.39 is 0 Å². The van der Waals surface area contributed by atoms with Crippen LogP contribution in [-0.2, 0) is 29.9 Å². The number of nitrogens with one attached hydrogen (secondary N) is 2. The van der Waals surface area contributed by atoms with Gasteiger partial charge in [-0.25, -0.2) is 9.97 Å². The molecule has 0 aliphatic heterocycles. The van der Waals surface area contributed by atoms with Gasteiger partial charge in [-0.3, -0.25) is 9.59 Å². The maximum absolute atomic E-state index is 12.5. The molecule has 9 heteroatoms. The molecule has 32 heavy (non-hydrogen) atoms. The molecule has 2 aliphatic carbocycles. The normalized spacial score (nSPS) is 15.1. The molecule has 3 heterocycles. The highest BCUT2D eigenvalue weighted by Gasteiger charge is 2.22. The third-order valence-corrected chi connectivity index (χ3v) is 7.94. The number of aromatic amines is 1. The van der Waals surface area contributed by atoms with Crippen molar-refractivity contribution in [2.75, 3.05) is 12.4 Å². The number of carbonyl (C=O) groups excluding carboxylic acids is 1. The molecule has 0 atom stereocenters. The van der Waals surface area contributed by atoms with Gasteiger partial charge in [0.1, 0.15) is 10.7 Å². The highest BCUT2D eigenvalue weighted by molar-refractivity contribution is 7.98. The van der Waals surface area contributed by atoms with Gasteiger partial charge in [0.2, 0.25) is 11.8 Å². The Balaban J connectivity index is 1.04. The van der Waals surface area contributed by atoms with Gasteiger partial charge in [-0.2, -0.15) is 11.8 Å². The second-order valence-electron chi connectivity index (χ2n) is 8.39. The lowest BCUT2D eigenvalue weighted by molar-refractivity contribution is -0.120. The summed E-state index contributed by atoms with van der Waals surface area (Å²) in [6.07, 6.45) is 7.84. The standard InChI is InChI=1S/C23H26N4O3S2/c28-19(24-10-15-6-7-20(25-11-15)30-12-14-4-5-14)8-9-31-13-18-26-22(29)21-16-2-1-3-17(16)32-23(21)27-18/h6-7,11,14H,1-5,8-10,12-13H2,(H,24,28)(H,26,27,29). The number of H-pyrrole nitrogens is 1. The van der Waals surface area contributed by atoms with E-state index in [1.54, 1.807) is 29.3 Å². The number of aromatic nitrogens is 3. The lowest BCUT2D eigenvalue weighted by atomic mass is 10.2. The summed E-state index contributed by atoms with van der Waals surface area (Å²) in [5.41, 5.74) is 2.12. The van der Waals surface area contributed by atoms with E-state index >= 15 is 0 Å². The van der Waals surface area contributed by atoms with Crippen molar-refractivity contribution in [1.82, 2.24) is 20.3 Å². The molecule has 1 saturated carbocycles. The Morgan fingerprint density at radius 2 is 2.22 bits per heavy atom.